The van der Waals surface area contributed by atoms with E-state index in [4.69, 9.17) is 0 Å². The van der Waals surface area contributed by atoms with Crippen molar-refractivity contribution in [2.24, 2.45) is 0 Å². The highest BCUT2D eigenvalue weighted by atomic mass is 16.1. The van der Waals surface area contributed by atoms with E-state index in [1.165, 1.54) is 0 Å². The maximum absolute atomic E-state index is 12.2. The Morgan fingerprint density at radius 3 is 2.86 bits per heavy atom. The molecule has 3 rings (SSSR count). The number of carbonyl (C=O) groups is 1. The number of benzene rings is 1. The highest BCUT2D eigenvalue weighted by Crippen LogP contribution is 2.22. The van der Waals surface area contributed by atoms with Gasteiger partial charge in [0.2, 0.25) is 5.95 Å². The van der Waals surface area contributed by atoms with Crippen LogP contribution in [0.3, 0.4) is 0 Å². The summed E-state index contributed by atoms with van der Waals surface area (Å²) in [7, 11) is 0. The monoisotopic (exact) mass is 282 g/mol. The Labute approximate surface area is 123 Å². The highest BCUT2D eigenvalue weighted by Gasteiger charge is 2.22. The van der Waals surface area contributed by atoms with Crippen molar-refractivity contribution in [1.82, 2.24) is 15.3 Å². The standard InChI is InChI=1S/C16H18N4O/c1-11-4-2-3-5-12(11)10-18-15(21)14-8-9-17-16(20-14)19-13-6-7-13/h2-5,8-9,13H,6-7,10H2,1H3,(H,18,21)(H,17,19,20). The number of nitrogens with zero attached hydrogens (tertiary/aromatic N) is 2. The molecular formula is C16H18N4O. The van der Waals surface area contributed by atoms with Gasteiger partial charge in [-0.1, -0.05) is 24.3 Å². The van der Waals surface area contributed by atoms with E-state index in [0.717, 1.165) is 24.0 Å². The van der Waals surface area contributed by atoms with Gasteiger partial charge < -0.3 is 10.6 Å². The summed E-state index contributed by atoms with van der Waals surface area (Å²) in [5.41, 5.74) is 2.66. The molecule has 0 spiro atoms. The van der Waals surface area contributed by atoms with E-state index < -0.39 is 0 Å². The van der Waals surface area contributed by atoms with Crippen molar-refractivity contribution in [3.05, 3.63) is 53.3 Å². The molecular weight excluding hydrogens is 264 g/mol. The SMILES string of the molecule is Cc1ccccc1CNC(=O)c1ccnc(NC2CC2)n1. The topological polar surface area (TPSA) is 66.9 Å². The first-order valence-corrected chi connectivity index (χ1v) is 7.14. The van der Waals surface area contributed by atoms with Gasteiger partial charge in [-0.3, -0.25) is 4.79 Å². The van der Waals surface area contributed by atoms with Crippen LogP contribution < -0.4 is 10.6 Å². The lowest BCUT2D eigenvalue weighted by molar-refractivity contribution is 0.0946. The average molecular weight is 282 g/mol. The molecule has 0 unspecified atom stereocenters. The van der Waals surface area contributed by atoms with Gasteiger partial charge in [-0.15, -0.1) is 0 Å². The van der Waals surface area contributed by atoms with Crippen LogP contribution in [0, 0.1) is 6.92 Å². The average Bonchev–Trinajstić information content (AvgIpc) is 3.30. The van der Waals surface area contributed by atoms with Crippen LogP contribution in [0.15, 0.2) is 36.5 Å². The third-order valence-corrected chi connectivity index (χ3v) is 3.50. The fourth-order valence-corrected chi connectivity index (χ4v) is 2.04. The predicted octanol–water partition coefficient (Wildman–Crippen LogP) is 2.29. The van der Waals surface area contributed by atoms with Crippen molar-refractivity contribution < 1.29 is 4.79 Å². The van der Waals surface area contributed by atoms with E-state index in [0.29, 0.717) is 24.2 Å². The van der Waals surface area contributed by atoms with Crippen molar-refractivity contribution in [2.75, 3.05) is 5.32 Å². The lowest BCUT2D eigenvalue weighted by Crippen LogP contribution is -2.24. The summed E-state index contributed by atoms with van der Waals surface area (Å²) in [5, 5.41) is 6.09. The minimum atomic E-state index is -0.181. The van der Waals surface area contributed by atoms with Crippen LogP contribution in [0.5, 0.6) is 0 Å². The Bertz CT molecular complexity index is 652. The molecule has 1 aromatic carbocycles. The number of hydrogen-bond donors (Lipinski definition) is 2. The van der Waals surface area contributed by atoms with Gasteiger partial charge >= 0.3 is 0 Å². The van der Waals surface area contributed by atoms with Crippen molar-refractivity contribution in [1.29, 1.82) is 0 Å². The molecule has 2 aromatic rings. The van der Waals surface area contributed by atoms with Crippen LogP contribution in [0.4, 0.5) is 5.95 Å². The Kier molecular flexibility index (Phi) is 3.81. The summed E-state index contributed by atoms with van der Waals surface area (Å²) in [6.45, 7) is 2.53. The van der Waals surface area contributed by atoms with Crippen molar-refractivity contribution in [2.45, 2.75) is 32.4 Å². The van der Waals surface area contributed by atoms with Crippen LogP contribution in [0.1, 0.15) is 34.5 Å². The molecule has 1 aliphatic carbocycles. The summed E-state index contributed by atoms with van der Waals surface area (Å²) >= 11 is 0. The van der Waals surface area contributed by atoms with Crippen LogP contribution in [-0.4, -0.2) is 21.9 Å². The molecule has 0 aliphatic heterocycles. The minimum absolute atomic E-state index is 0.181. The second-order valence-electron chi connectivity index (χ2n) is 5.29. The van der Waals surface area contributed by atoms with Crippen LogP contribution in [0.25, 0.3) is 0 Å². The van der Waals surface area contributed by atoms with Crippen molar-refractivity contribution in [3.8, 4) is 0 Å². The molecule has 21 heavy (non-hydrogen) atoms. The minimum Gasteiger partial charge on any atom is -0.351 e. The zero-order valence-corrected chi connectivity index (χ0v) is 12.0. The number of amides is 1. The normalized spacial score (nSPS) is 13.8. The second kappa shape index (κ2) is 5.91. The van der Waals surface area contributed by atoms with E-state index in [2.05, 4.69) is 20.6 Å². The summed E-state index contributed by atoms with van der Waals surface area (Å²) in [4.78, 5) is 20.5. The fraction of sp³-hybridized carbons (Fsp3) is 0.312. The molecule has 108 valence electrons. The smallest absolute Gasteiger partial charge is 0.270 e. The number of nitrogens with one attached hydrogen (secondary N) is 2. The highest BCUT2D eigenvalue weighted by molar-refractivity contribution is 5.92. The van der Waals surface area contributed by atoms with Gasteiger partial charge in [0.15, 0.2) is 0 Å². The first kappa shape index (κ1) is 13.5. The quantitative estimate of drug-likeness (QED) is 0.883. The molecule has 5 heteroatoms. The molecule has 1 aromatic heterocycles. The largest absolute Gasteiger partial charge is 0.351 e. The lowest BCUT2D eigenvalue weighted by atomic mass is 10.1. The number of rotatable bonds is 5. The molecule has 0 radical (unpaired) electrons. The van der Waals surface area contributed by atoms with Gasteiger partial charge in [0, 0.05) is 18.8 Å². The third kappa shape index (κ3) is 3.56. The van der Waals surface area contributed by atoms with Gasteiger partial charge in [0.05, 0.1) is 0 Å². The van der Waals surface area contributed by atoms with Gasteiger partial charge in [0.1, 0.15) is 5.69 Å². The van der Waals surface area contributed by atoms with Gasteiger partial charge in [0.25, 0.3) is 5.91 Å². The molecule has 1 aliphatic rings. The Hall–Kier alpha value is -2.43. The van der Waals surface area contributed by atoms with E-state index in [9.17, 15) is 4.79 Å². The second-order valence-corrected chi connectivity index (χ2v) is 5.29. The first-order chi connectivity index (χ1) is 10.2. The maximum Gasteiger partial charge on any atom is 0.270 e. The van der Waals surface area contributed by atoms with Crippen molar-refractivity contribution in [3.63, 3.8) is 0 Å². The Balaban J connectivity index is 1.63. The molecule has 0 atom stereocenters. The summed E-state index contributed by atoms with van der Waals surface area (Å²) in [6.07, 6.45) is 3.90. The summed E-state index contributed by atoms with van der Waals surface area (Å²) < 4.78 is 0. The van der Waals surface area contributed by atoms with E-state index in [1.807, 2.05) is 31.2 Å². The Morgan fingerprint density at radius 1 is 1.29 bits per heavy atom. The molecule has 0 bridgehead atoms. The van der Waals surface area contributed by atoms with Crippen LogP contribution in [0.2, 0.25) is 0 Å². The summed E-state index contributed by atoms with van der Waals surface area (Å²) in [5.74, 6) is 0.348. The van der Waals surface area contributed by atoms with Crippen LogP contribution in [-0.2, 0) is 6.54 Å². The van der Waals surface area contributed by atoms with Gasteiger partial charge in [-0.25, -0.2) is 9.97 Å². The molecule has 1 amide bonds. The molecule has 1 saturated carbocycles. The number of aromatic nitrogens is 2. The van der Waals surface area contributed by atoms with Crippen LogP contribution >= 0.6 is 0 Å². The molecule has 1 fully saturated rings. The molecule has 1 heterocycles. The first-order valence-electron chi connectivity index (χ1n) is 7.14. The number of hydrogen-bond acceptors (Lipinski definition) is 4. The third-order valence-electron chi connectivity index (χ3n) is 3.50. The summed E-state index contributed by atoms with van der Waals surface area (Å²) in [6, 6.07) is 10.1. The van der Waals surface area contributed by atoms with Gasteiger partial charge in [-0.2, -0.15) is 0 Å². The number of aryl methyl sites for hydroxylation is 1. The van der Waals surface area contributed by atoms with Crippen molar-refractivity contribution >= 4 is 11.9 Å². The zero-order chi connectivity index (χ0) is 14.7. The lowest BCUT2D eigenvalue weighted by Gasteiger charge is -2.08. The molecule has 5 nitrogen and oxygen atoms in total. The zero-order valence-electron chi connectivity index (χ0n) is 12.0. The van der Waals surface area contributed by atoms with E-state index in [-0.39, 0.29) is 5.91 Å². The van der Waals surface area contributed by atoms with Gasteiger partial charge in [-0.05, 0) is 37.0 Å². The molecule has 0 saturated heterocycles. The fourth-order valence-electron chi connectivity index (χ4n) is 2.04. The number of anilines is 1. The maximum atomic E-state index is 12.2. The predicted molar refractivity (Wildman–Crippen MR) is 81.0 cm³/mol. The Morgan fingerprint density at radius 2 is 2.10 bits per heavy atom. The van der Waals surface area contributed by atoms with E-state index in [1.54, 1.807) is 12.3 Å². The van der Waals surface area contributed by atoms with E-state index >= 15 is 0 Å². The number of carbonyl (C=O) groups excluding carboxylic acids is 1. The molecule has 2 N–H and O–H groups in total.